The van der Waals surface area contributed by atoms with Gasteiger partial charge in [-0.2, -0.15) is 0 Å². The zero-order valence-electron chi connectivity index (χ0n) is 17.6. The molecule has 4 rings (SSSR count). The van der Waals surface area contributed by atoms with Gasteiger partial charge in [-0.3, -0.25) is 9.59 Å². The molecular weight excluding hydrogens is 410 g/mol. The Bertz CT molecular complexity index is 1160. The minimum absolute atomic E-state index is 0.270. The maximum absolute atomic E-state index is 13.4. The number of ketones is 1. The number of hydrogen-bond donors (Lipinski definition) is 1. The number of nitrogens with zero attached hydrogens (tertiary/aromatic N) is 1. The van der Waals surface area contributed by atoms with Crippen LogP contribution in [0.1, 0.15) is 39.0 Å². The lowest BCUT2D eigenvalue weighted by molar-refractivity contribution is -0.135. The Labute approximate surface area is 187 Å². The van der Waals surface area contributed by atoms with Gasteiger partial charge in [0.1, 0.15) is 0 Å². The van der Waals surface area contributed by atoms with E-state index in [4.69, 9.17) is 11.6 Å². The molecule has 0 bridgehead atoms. The second kappa shape index (κ2) is 8.29. The Balaban J connectivity index is 1.67. The monoisotopic (exact) mass is 433 g/mol. The lowest BCUT2D eigenvalue weighted by Crippen LogP contribution is -2.42. The van der Waals surface area contributed by atoms with Crippen molar-refractivity contribution in [3.8, 4) is 0 Å². The van der Waals surface area contributed by atoms with Gasteiger partial charge < -0.3 is 10.0 Å². The fourth-order valence-electron chi connectivity index (χ4n) is 4.17. The standard InChI is InChI=1S/C26H24ClNO3/c1-17-8-9-18(2)21(14-17)24(29)16-26(31)22-15-20(27)10-11-23(22)28(25(26)30)13-12-19-6-4-3-5-7-19/h3-11,14-15,31H,12-13,16H2,1-2H3. The highest BCUT2D eigenvalue weighted by Crippen LogP contribution is 2.44. The van der Waals surface area contributed by atoms with Crippen LogP contribution in [0.2, 0.25) is 5.02 Å². The van der Waals surface area contributed by atoms with Crippen LogP contribution in [0, 0.1) is 13.8 Å². The predicted molar refractivity (Wildman–Crippen MR) is 123 cm³/mol. The third-order valence-corrected chi connectivity index (χ3v) is 6.11. The molecule has 1 aliphatic rings. The van der Waals surface area contributed by atoms with Crippen molar-refractivity contribution in [1.29, 1.82) is 0 Å². The fourth-order valence-corrected chi connectivity index (χ4v) is 4.34. The second-order valence-corrected chi connectivity index (χ2v) is 8.57. The van der Waals surface area contributed by atoms with Crippen molar-refractivity contribution in [3.05, 3.63) is 99.6 Å². The third-order valence-electron chi connectivity index (χ3n) is 5.87. The molecule has 0 spiro atoms. The van der Waals surface area contributed by atoms with Crippen molar-refractivity contribution in [2.24, 2.45) is 0 Å². The average Bonchev–Trinajstić information content (AvgIpc) is 2.95. The topological polar surface area (TPSA) is 57.6 Å². The molecule has 0 aromatic heterocycles. The normalized spacial score (nSPS) is 17.7. The van der Waals surface area contributed by atoms with E-state index in [0.29, 0.717) is 34.8 Å². The summed E-state index contributed by atoms with van der Waals surface area (Å²) in [6, 6.07) is 20.5. The zero-order valence-corrected chi connectivity index (χ0v) is 18.3. The van der Waals surface area contributed by atoms with Crippen LogP contribution in [0.4, 0.5) is 5.69 Å². The number of amides is 1. The van der Waals surface area contributed by atoms with Crippen molar-refractivity contribution in [2.45, 2.75) is 32.3 Å². The fraction of sp³-hybridized carbons (Fsp3) is 0.231. The van der Waals surface area contributed by atoms with E-state index in [1.807, 2.05) is 56.3 Å². The maximum atomic E-state index is 13.4. The number of fused-ring (bicyclic) bond motifs is 1. The molecule has 31 heavy (non-hydrogen) atoms. The molecule has 0 saturated carbocycles. The Morgan fingerprint density at radius 3 is 2.52 bits per heavy atom. The summed E-state index contributed by atoms with van der Waals surface area (Å²) in [5, 5.41) is 11.9. The van der Waals surface area contributed by atoms with Crippen LogP contribution in [0.3, 0.4) is 0 Å². The van der Waals surface area contributed by atoms with E-state index in [1.165, 1.54) is 0 Å². The maximum Gasteiger partial charge on any atom is 0.264 e. The summed E-state index contributed by atoms with van der Waals surface area (Å²) < 4.78 is 0. The molecule has 158 valence electrons. The molecule has 5 heteroatoms. The van der Waals surface area contributed by atoms with Crippen LogP contribution in [0.15, 0.2) is 66.7 Å². The quantitative estimate of drug-likeness (QED) is 0.556. The Morgan fingerprint density at radius 2 is 1.77 bits per heavy atom. The molecule has 0 radical (unpaired) electrons. The molecule has 1 unspecified atom stereocenters. The summed E-state index contributed by atoms with van der Waals surface area (Å²) in [6.45, 7) is 4.16. The predicted octanol–water partition coefficient (Wildman–Crippen LogP) is 5.01. The van der Waals surface area contributed by atoms with Crippen molar-refractivity contribution in [3.63, 3.8) is 0 Å². The van der Waals surface area contributed by atoms with Gasteiger partial charge in [-0.15, -0.1) is 0 Å². The number of aryl methyl sites for hydroxylation is 2. The number of rotatable bonds is 6. The highest BCUT2D eigenvalue weighted by molar-refractivity contribution is 6.31. The molecule has 3 aromatic rings. The number of Topliss-reactive ketones (excluding diaryl/α,β-unsaturated/α-hetero) is 1. The minimum Gasteiger partial charge on any atom is -0.375 e. The highest BCUT2D eigenvalue weighted by atomic mass is 35.5. The summed E-state index contributed by atoms with van der Waals surface area (Å²) in [6.07, 6.45) is 0.307. The van der Waals surface area contributed by atoms with E-state index < -0.39 is 11.5 Å². The zero-order chi connectivity index (χ0) is 22.2. The summed E-state index contributed by atoms with van der Waals surface area (Å²) in [4.78, 5) is 28.1. The van der Waals surface area contributed by atoms with Crippen molar-refractivity contribution in [1.82, 2.24) is 0 Å². The van der Waals surface area contributed by atoms with Crippen LogP contribution in [0.5, 0.6) is 0 Å². The van der Waals surface area contributed by atoms with E-state index in [1.54, 1.807) is 29.2 Å². The first-order valence-electron chi connectivity index (χ1n) is 10.3. The Morgan fingerprint density at radius 1 is 1.03 bits per heavy atom. The SMILES string of the molecule is Cc1ccc(C)c(C(=O)CC2(O)C(=O)N(CCc3ccccc3)c3ccc(Cl)cc32)c1. The lowest BCUT2D eigenvalue weighted by atomic mass is 9.87. The number of halogens is 1. The largest absolute Gasteiger partial charge is 0.375 e. The van der Waals surface area contributed by atoms with E-state index in [9.17, 15) is 14.7 Å². The van der Waals surface area contributed by atoms with Crippen LogP contribution in [0.25, 0.3) is 0 Å². The van der Waals surface area contributed by atoms with Gasteiger partial charge in [0.15, 0.2) is 11.4 Å². The van der Waals surface area contributed by atoms with Gasteiger partial charge in [0.05, 0.1) is 12.1 Å². The number of carbonyl (C=O) groups excluding carboxylic acids is 2. The first-order valence-corrected chi connectivity index (χ1v) is 10.7. The van der Waals surface area contributed by atoms with Crippen LogP contribution in [-0.2, 0) is 16.8 Å². The Hall–Kier alpha value is -2.95. The van der Waals surface area contributed by atoms with Gasteiger partial charge in [0.2, 0.25) is 0 Å². The van der Waals surface area contributed by atoms with Crippen LogP contribution in [-0.4, -0.2) is 23.3 Å². The molecule has 0 fully saturated rings. The van der Waals surface area contributed by atoms with Crippen molar-refractivity contribution in [2.75, 3.05) is 11.4 Å². The molecule has 1 heterocycles. The van der Waals surface area contributed by atoms with Crippen LogP contribution < -0.4 is 4.90 Å². The molecule has 0 saturated heterocycles. The highest BCUT2D eigenvalue weighted by Gasteiger charge is 2.51. The number of aliphatic hydroxyl groups is 1. The number of anilines is 1. The smallest absolute Gasteiger partial charge is 0.264 e. The van der Waals surface area contributed by atoms with Gasteiger partial charge in [-0.1, -0.05) is 59.6 Å². The lowest BCUT2D eigenvalue weighted by Gasteiger charge is -2.23. The molecular formula is C26H24ClNO3. The molecule has 1 amide bonds. The minimum atomic E-state index is -1.94. The van der Waals surface area contributed by atoms with Gasteiger partial charge in [-0.05, 0) is 55.7 Å². The van der Waals surface area contributed by atoms with Gasteiger partial charge in [0.25, 0.3) is 5.91 Å². The van der Waals surface area contributed by atoms with Gasteiger partial charge >= 0.3 is 0 Å². The van der Waals surface area contributed by atoms with Gasteiger partial charge in [0, 0.05) is 22.7 Å². The average molecular weight is 434 g/mol. The summed E-state index contributed by atoms with van der Waals surface area (Å²) in [5.74, 6) is -0.757. The molecule has 1 aliphatic heterocycles. The molecule has 1 atom stereocenters. The van der Waals surface area contributed by atoms with E-state index in [-0.39, 0.29) is 12.2 Å². The molecule has 0 aliphatic carbocycles. The first kappa shape index (κ1) is 21.3. The first-order chi connectivity index (χ1) is 14.8. The number of hydrogen-bond acceptors (Lipinski definition) is 3. The van der Waals surface area contributed by atoms with E-state index in [0.717, 1.165) is 16.7 Å². The third kappa shape index (κ3) is 4.01. The van der Waals surface area contributed by atoms with Crippen LogP contribution >= 0.6 is 11.6 Å². The molecule has 4 nitrogen and oxygen atoms in total. The van der Waals surface area contributed by atoms with Crippen molar-refractivity contribution >= 4 is 29.0 Å². The summed E-state index contributed by atoms with van der Waals surface area (Å²) in [5.41, 5.74) is 2.42. The number of carbonyl (C=O) groups is 2. The molecule has 3 aromatic carbocycles. The second-order valence-electron chi connectivity index (χ2n) is 8.13. The van der Waals surface area contributed by atoms with Crippen molar-refractivity contribution < 1.29 is 14.7 Å². The summed E-state index contributed by atoms with van der Waals surface area (Å²) >= 11 is 6.19. The van der Waals surface area contributed by atoms with E-state index in [2.05, 4.69) is 0 Å². The van der Waals surface area contributed by atoms with Gasteiger partial charge in [-0.25, -0.2) is 0 Å². The summed E-state index contributed by atoms with van der Waals surface area (Å²) in [7, 11) is 0. The van der Waals surface area contributed by atoms with E-state index >= 15 is 0 Å². The molecule has 1 N–H and O–H groups in total. The number of benzene rings is 3. The Kier molecular flexibility index (Phi) is 5.69.